The fourth-order valence-corrected chi connectivity index (χ4v) is 1.61. The summed E-state index contributed by atoms with van der Waals surface area (Å²) in [4.78, 5) is 11.4. The summed E-state index contributed by atoms with van der Waals surface area (Å²) in [5, 5.41) is 8.88. The summed E-state index contributed by atoms with van der Waals surface area (Å²) in [7, 11) is 2.74. The zero-order valence-corrected chi connectivity index (χ0v) is 9.79. The van der Waals surface area contributed by atoms with Gasteiger partial charge in [-0.05, 0) is 28.1 Å². The molecule has 1 rings (SSSR count). The molecule has 1 aromatic rings. The summed E-state index contributed by atoms with van der Waals surface area (Å²) in [6.45, 7) is 0. The van der Waals surface area contributed by atoms with Crippen LogP contribution in [0.2, 0.25) is 0 Å². The highest BCUT2D eigenvalue weighted by Crippen LogP contribution is 2.26. The number of nitrogens with zero attached hydrogens (tertiary/aromatic N) is 1. The average molecular weight is 270 g/mol. The Hall–Kier alpha value is -1.54. The van der Waals surface area contributed by atoms with E-state index < -0.39 is 5.97 Å². The summed E-state index contributed by atoms with van der Waals surface area (Å²) < 4.78 is 10.1. The molecule has 0 amide bonds. The SMILES string of the molecule is COC(=O)c1cc(OC)cc(Br)c1C#N. The smallest absolute Gasteiger partial charge is 0.339 e. The molecule has 4 nitrogen and oxygen atoms in total. The minimum Gasteiger partial charge on any atom is -0.497 e. The largest absolute Gasteiger partial charge is 0.497 e. The Balaban J connectivity index is 3.40. The van der Waals surface area contributed by atoms with Crippen molar-refractivity contribution in [3.63, 3.8) is 0 Å². The number of halogens is 1. The molecule has 0 spiro atoms. The van der Waals surface area contributed by atoms with Gasteiger partial charge in [0.05, 0.1) is 25.3 Å². The molecule has 1 aromatic carbocycles. The first kappa shape index (κ1) is 11.5. The van der Waals surface area contributed by atoms with Crippen molar-refractivity contribution in [2.24, 2.45) is 0 Å². The second kappa shape index (κ2) is 4.80. The zero-order chi connectivity index (χ0) is 11.4. The van der Waals surface area contributed by atoms with Crippen molar-refractivity contribution in [2.45, 2.75) is 0 Å². The number of ether oxygens (including phenoxy) is 2. The molecule has 0 fully saturated rings. The standard InChI is InChI=1S/C10H8BrNO3/c1-14-6-3-7(10(13)15-2)8(5-12)9(11)4-6/h3-4H,1-2H3. The molecule has 5 heteroatoms. The van der Waals surface area contributed by atoms with Gasteiger partial charge >= 0.3 is 5.97 Å². The summed E-state index contributed by atoms with van der Waals surface area (Å²) >= 11 is 3.19. The van der Waals surface area contributed by atoms with Crippen molar-refractivity contribution in [1.29, 1.82) is 5.26 Å². The van der Waals surface area contributed by atoms with Crippen molar-refractivity contribution in [2.75, 3.05) is 14.2 Å². The van der Waals surface area contributed by atoms with Gasteiger partial charge in [-0.1, -0.05) is 0 Å². The highest BCUT2D eigenvalue weighted by Gasteiger charge is 2.16. The second-order valence-corrected chi connectivity index (χ2v) is 3.49. The van der Waals surface area contributed by atoms with Gasteiger partial charge in [0.2, 0.25) is 0 Å². The van der Waals surface area contributed by atoms with Gasteiger partial charge in [-0.2, -0.15) is 5.26 Å². The average Bonchev–Trinajstić information content (AvgIpc) is 2.26. The van der Waals surface area contributed by atoms with Gasteiger partial charge in [0.25, 0.3) is 0 Å². The molecule has 0 aliphatic rings. The Bertz CT molecular complexity index is 437. The van der Waals surface area contributed by atoms with Crippen molar-refractivity contribution in [1.82, 2.24) is 0 Å². The predicted octanol–water partition coefficient (Wildman–Crippen LogP) is 2.12. The maximum absolute atomic E-state index is 11.4. The molecule has 0 radical (unpaired) electrons. The van der Waals surface area contributed by atoms with Gasteiger partial charge in [0, 0.05) is 4.47 Å². The highest BCUT2D eigenvalue weighted by atomic mass is 79.9. The molecule has 0 heterocycles. The van der Waals surface area contributed by atoms with E-state index in [0.717, 1.165) is 0 Å². The lowest BCUT2D eigenvalue weighted by Gasteiger charge is -2.06. The minimum atomic E-state index is -0.564. The minimum absolute atomic E-state index is 0.186. The van der Waals surface area contributed by atoms with Gasteiger partial charge < -0.3 is 9.47 Å². The number of benzene rings is 1. The monoisotopic (exact) mass is 269 g/mol. The normalized spacial score (nSPS) is 9.20. The molecule has 0 bridgehead atoms. The molecule has 0 aromatic heterocycles. The Morgan fingerprint density at radius 3 is 2.60 bits per heavy atom. The van der Waals surface area contributed by atoms with Crippen LogP contribution in [0.4, 0.5) is 0 Å². The van der Waals surface area contributed by atoms with Gasteiger partial charge in [-0.25, -0.2) is 4.79 Å². The number of esters is 1. The first-order valence-corrected chi connectivity index (χ1v) is 4.79. The van der Waals surface area contributed by atoms with Crippen LogP contribution < -0.4 is 4.74 Å². The van der Waals surface area contributed by atoms with Crippen LogP contribution in [0.15, 0.2) is 16.6 Å². The molecule has 78 valence electrons. The summed E-state index contributed by atoms with van der Waals surface area (Å²) in [5.41, 5.74) is 0.425. The Labute approximate surface area is 95.5 Å². The number of hydrogen-bond donors (Lipinski definition) is 0. The van der Waals surface area contributed by atoms with E-state index in [1.54, 1.807) is 6.07 Å². The zero-order valence-electron chi connectivity index (χ0n) is 8.20. The fourth-order valence-electron chi connectivity index (χ4n) is 1.08. The molecule has 15 heavy (non-hydrogen) atoms. The first-order valence-electron chi connectivity index (χ1n) is 4.00. The van der Waals surface area contributed by atoms with Crippen LogP contribution >= 0.6 is 15.9 Å². The number of hydrogen-bond acceptors (Lipinski definition) is 4. The topological polar surface area (TPSA) is 59.3 Å². The van der Waals surface area contributed by atoms with Crippen LogP contribution in [-0.2, 0) is 4.74 Å². The van der Waals surface area contributed by atoms with Gasteiger partial charge in [0.1, 0.15) is 11.8 Å². The molecule has 0 saturated carbocycles. The number of carbonyl (C=O) groups excluding carboxylic acids is 1. The highest BCUT2D eigenvalue weighted by molar-refractivity contribution is 9.10. The lowest BCUT2D eigenvalue weighted by molar-refractivity contribution is 0.0600. The van der Waals surface area contributed by atoms with E-state index in [-0.39, 0.29) is 11.1 Å². The Morgan fingerprint density at radius 2 is 2.13 bits per heavy atom. The summed E-state index contributed by atoms with van der Waals surface area (Å²) in [5.74, 6) is -0.0765. The summed E-state index contributed by atoms with van der Waals surface area (Å²) in [6, 6.07) is 5.01. The number of nitriles is 1. The maximum Gasteiger partial charge on any atom is 0.339 e. The molecular formula is C10H8BrNO3. The third-order valence-electron chi connectivity index (χ3n) is 1.82. The first-order chi connectivity index (χ1) is 7.13. The number of rotatable bonds is 2. The van der Waals surface area contributed by atoms with Gasteiger partial charge in [-0.3, -0.25) is 0 Å². The summed E-state index contributed by atoms with van der Waals surface area (Å²) in [6.07, 6.45) is 0. The molecular weight excluding hydrogens is 262 g/mol. The lowest BCUT2D eigenvalue weighted by Crippen LogP contribution is -2.05. The third-order valence-corrected chi connectivity index (χ3v) is 2.44. The van der Waals surface area contributed by atoms with Crippen molar-refractivity contribution in [3.05, 3.63) is 27.7 Å². The second-order valence-electron chi connectivity index (χ2n) is 2.64. The third kappa shape index (κ3) is 2.28. The molecule has 0 unspecified atom stereocenters. The molecule has 0 atom stereocenters. The molecule has 0 aliphatic heterocycles. The van der Waals surface area contributed by atoms with Gasteiger partial charge in [-0.15, -0.1) is 0 Å². The van der Waals surface area contributed by atoms with Crippen LogP contribution in [0.5, 0.6) is 5.75 Å². The van der Waals surface area contributed by atoms with Crippen molar-refractivity contribution < 1.29 is 14.3 Å². The fraction of sp³-hybridized carbons (Fsp3) is 0.200. The molecule has 0 N–H and O–H groups in total. The van der Waals surface area contributed by atoms with Crippen LogP contribution in [0.3, 0.4) is 0 Å². The number of carbonyl (C=O) groups is 1. The van der Waals surface area contributed by atoms with Crippen LogP contribution in [0.25, 0.3) is 0 Å². The van der Waals surface area contributed by atoms with E-state index in [4.69, 9.17) is 10.00 Å². The van der Waals surface area contributed by atoms with E-state index in [2.05, 4.69) is 20.7 Å². The van der Waals surface area contributed by atoms with Crippen LogP contribution in [-0.4, -0.2) is 20.2 Å². The Kier molecular flexibility index (Phi) is 3.69. The van der Waals surface area contributed by atoms with Gasteiger partial charge in [0.15, 0.2) is 0 Å². The number of methoxy groups -OCH3 is 2. The quantitative estimate of drug-likeness (QED) is 0.772. The van der Waals surface area contributed by atoms with Crippen molar-refractivity contribution >= 4 is 21.9 Å². The Morgan fingerprint density at radius 1 is 1.47 bits per heavy atom. The predicted molar refractivity (Wildman–Crippen MR) is 56.7 cm³/mol. The van der Waals surface area contributed by atoms with E-state index in [0.29, 0.717) is 10.2 Å². The molecule has 0 aliphatic carbocycles. The van der Waals surface area contributed by atoms with E-state index in [1.165, 1.54) is 20.3 Å². The maximum atomic E-state index is 11.4. The van der Waals surface area contributed by atoms with Crippen LogP contribution in [0.1, 0.15) is 15.9 Å². The van der Waals surface area contributed by atoms with E-state index in [9.17, 15) is 4.79 Å². The van der Waals surface area contributed by atoms with Crippen molar-refractivity contribution in [3.8, 4) is 11.8 Å². The van der Waals surface area contributed by atoms with E-state index >= 15 is 0 Å². The lowest BCUT2D eigenvalue weighted by atomic mass is 10.1. The van der Waals surface area contributed by atoms with Crippen LogP contribution in [0, 0.1) is 11.3 Å². The molecule has 0 saturated heterocycles. The van der Waals surface area contributed by atoms with E-state index in [1.807, 2.05) is 6.07 Å².